The van der Waals surface area contributed by atoms with Gasteiger partial charge in [-0.1, -0.05) is 0 Å². The summed E-state index contributed by atoms with van der Waals surface area (Å²) in [5.74, 6) is -2.63. The third-order valence-corrected chi connectivity index (χ3v) is 1.92. The number of alkyl halides is 3. The van der Waals surface area contributed by atoms with E-state index in [0.29, 0.717) is 6.07 Å². The van der Waals surface area contributed by atoms with Crippen LogP contribution in [0.5, 0.6) is 0 Å². The molecular weight excluding hydrogens is 227 g/mol. The maximum Gasteiger partial charge on any atom is 0.449 e. The quantitative estimate of drug-likeness (QED) is 0.819. The molecule has 0 bridgehead atoms. The molecule has 0 aliphatic carbocycles. The van der Waals surface area contributed by atoms with Gasteiger partial charge < -0.3 is 9.52 Å². The number of carbonyl (C=O) groups is 1. The molecule has 0 aliphatic rings. The Morgan fingerprint density at radius 1 is 1.44 bits per heavy atom. The van der Waals surface area contributed by atoms with Gasteiger partial charge in [-0.3, -0.25) is 4.98 Å². The standard InChI is InChI=1S/C9H4F3NO3/c10-9(11,12)6-3-5-7(16-6)4(8(14)15)1-2-13-5/h1-3H,(H,14,15). The third kappa shape index (κ3) is 1.60. The van der Waals surface area contributed by atoms with Gasteiger partial charge in [0, 0.05) is 12.3 Å². The fourth-order valence-electron chi connectivity index (χ4n) is 1.25. The van der Waals surface area contributed by atoms with Crippen LogP contribution in [-0.4, -0.2) is 16.1 Å². The summed E-state index contributed by atoms with van der Waals surface area (Å²) in [4.78, 5) is 14.3. The van der Waals surface area contributed by atoms with E-state index in [1.165, 1.54) is 0 Å². The predicted molar refractivity (Wildman–Crippen MR) is 46.0 cm³/mol. The van der Waals surface area contributed by atoms with E-state index in [1.54, 1.807) is 0 Å². The van der Waals surface area contributed by atoms with E-state index in [1.807, 2.05) is 0 Å². The van der Waals surface area contributed by atoms with E-state index in [-0.39, 0.29) is 16.7 Å². The topological polar surface area (TPSA) is 63.3 Å². The highest BCUT2D eigenvalue weighted by Gasteiger charge is 2.36. The monoisotopic (exact) mass is 231 g/mol. The molecule has 2 heterocycles. The van der Waals surface area contributed by atoms with Gasteiger partial charge in [-0.15, -0.1) is 0 Å². The van der Waals surface area contributed by atoms with Gasteiger partial charge in [0.15, 0.2) is 5.58 Å². The largest absolute Gasteiger partial charge is 0.478 e. The number of rotatable bonds is 1. The van der Waals surface area contributed by atoms with Crippen molar-refractivity contribution in [2.24, 2.45) is 0 Å². The van der Waals surface area contributed by atoms with Crippen molar-refractivity contribution in [2.45, 2.75) is 6.18 Å². The Morgan fingerprint density at radius 3 is 2.69 bits per heavy atom. The van der Waals surface area contributed by atoms with Crippen LogP contribution < -0.4 is 0 Å². The Hall–Kier alpha value is -2.05. The van der Waals surface area contributed by atoms with Crippen molar-refractivity contribution >= 4 is 17.1 Å². The van der Waals surface area contributed by atoms with Crippen LogP contribution in [-0.2, 0) is 6.18 Å². The van der Waals surface area contributed by atoms with Gasteiger partial charge in [0.05, 0.1) is 0 Å². The van der Waals surface area contributed by atoms with E-state index in [0.717, 1.165) is 12.3 Å². The van der Waals surface area contributed by atoms with Crippen LogP contribution >= 0.6 is 0 Å². The van der Waals surface area contributed by atoms with Crippen LogP contribution in [0.3, 0.4) is 0 Å². The average molecular weight is 231 g/mol. The Kier molecular flexibility index (Phi) is 2.11. The van der Waals surface area contributed by atoms with E-state index in [2.05, 4.69) is 9.40 Å². The van der Waals surface area contributed by atoms with Gasteiger partial charge in [0.1, 0.15) is 11.1 Å². The van der Waals surface area contributed by atoms with Crippen molar-refractivity contribution in [2.75, 3.05) is 0 Å². The summed E-state index contributed by atoms with van der Waals surface area (Å²) in [5.41, 5.74) is -0.852. The second-order valence-electron chi connectivity index (χ2n) is 2.99. The molecule has 0 unspecified atom stereocenters. The number of nitrogens with zero attached hydrogens (tertiary/aromatic N) is 1. The molecule has 7 heteroatoms. The van der Waals surface area contributed by atoms with Crippen molar-refractivity contribution in [3.05, 3.63) is 29.7 Å². The predicted octanol–water partition coefficient (Wildman–Crippen LogP) is 2.54. The zero-order chi connectivity index (χ0) is 11.9. The van der Waals surface area contributed by atoms with Crippen molar-refractivity contribution in [1.82, 2.24) is 4.98 Å². The average Bonchev–Trinajstić information content (AvgIpc) is 2.59. The van der Waals surface area contributed by atoms with E-state index < -0.39 is 17.9 Å². The highest BCUT2D eigenvalue weighted by atomic mass is 19.4. The van der Waals surface area contributed by atoms with Crippen LogP contribution in [0.1, 0.15) is 16.1 Å². The number of carboxylic acid groups (broad SMARTS) is 1. The second kappa shape index (κ2) is 3.22. The molecule has 0 aliphatic heterocycles. The number of halogens is 3. The van der Waals surface area contributed by atoms with Crippen LogP contribution in [0.25, 0.3) is 11.1 Å². The summed E-state index contributed by atoms with van der Waals surface area (Å²) >= 11 is 0. The number of furan rings is 1. The number of aromatic carboxylic acids is 1. The van der Waals surface area contributed by atoms with Crippen molar-refractivity contribution in [1.29, 1.82) is 0 Å². The number of fused-ring (bicyclic) bond motifs is 1. The fraction of sp³-hybridized carbons (Fsp3) is 0.111. The second-order valence-corrected chi connectivity index (χ2v) is 2.99. The lowest BCUT2D eigenvalue weighted by molar-refractivity contribution is -0.152. The van der Waals surface area contributed by atoms with Crippen LogP contribution in [0.2, 0.25) is 0 Å². The molecule has 2 aromatic rings. The van der Waals surface area contributed by atoms with E-state index in [4.69, 9.17) is 5.11 Å². The first kappa shape index (κ1) is 10.5. The SMILES string of the molecule is O=C(O)c1ccnc2cc(C(F)(F)F)oc12. The molecule has 0 saturated carbocycles. The van der Waals surface area contributed by atoms with Gasteiger partial charge >= 0.3 is 12.1 Å². The fourth-order valence-corrected chi connectivity index (χ4v) is 1.25. The summed E-state index contributed by atoms with van der Waals surface area (Å²) in [7, 11) is 0. The van der Waals surface area contributed by atoms with Crippen LogP contribution in [0.4, 0.5) is 13.2 Å². The molecule has 84 valence electrons. The number of hydrogen-bond acceptors (Lipinski definition) is 3. The lowest BCUT2D eigenvalue weighted by Gasteiger charge is -1.99. The maximum absolute atomic E-state index is 12.3. The maximum atomic E-state index is 12.3. The molecule has 4 nitrogen and oxygen atoms in total. The van der Waals surface area contributed by atoms with Gasteiger partial charge in [0.2, 0.25) is 5.76 Å². The molecule has 16 heavy (non-hydrogen) atoms. The summed E-state index contributed by atoms with van der Waals surface area (Å²) in [6.07, 6.45) is -3.54. The Balaban J connectivity index is 2.71. The molecular formula is C9H4F3NO3. The smallest absolute Gasteiger partial charge is 0.449 e. The first-order valence-electron chi connectivity index (χ1n) is 4.08. The zero-order valence-electron chi connectivity index (χ0n) is 7.58. The highest BCUT2D eigenvalue weighted by Crippen LogP contribution is 2.33. The molecule has 2 rings (SSSR count). The van der Waals surface area contributed by atoms with E-state index in [9.17, 15) is 18.0 Å². The molecule has 0 atom stereocenters. The number of aromatic nitrogens is 1. The van der Waals surface area contributed by atoms with Crippen LogP contribution in [0, 0.1) is 0 Å². The minimum absolute atomic E-state index is 0.132. The lowest BCUT2D eigenvalue weighted by atomic mass is 10.2. The first-order chi connectivity index (χ1) is 7.39. The molecule has 1 N–H and O–H groups in total. The summed E-state index contributed by atoms with van der Waals surface area (Å²) in [6.45, 7) is 0. The molecule has 0 saturated heterocycles. The summed E-state index contributed by atoms with van der Waals surface area (Å²) in [6, 6.07) is 1.75. The van der Waals surface area contributed by atoms with Gasteiger partial charge in [-0.05, 0) is 6.07 Å². The molecule has 0 spiro atoms. The van der Waals surface area contributed by atoms with Crippen molar-refractivity contribution in [3.8, 4) is 0 Å². The Bertz CT molecular complexity index is 559. The first-order valence-corrected chi connectivity index (χ1v) is 4.08. The minimum atomic E-state index is -4.66. The lowest BCUT2D eigenvalue weighted by Crippen LogP contribution is -2.02. The molecule has 2 aromatic heterocycles. The molecule has 0 fully saturated rings. The summed E-state index contributed by atoms with van der Waals surface area (Å²) < 4.78 is 41.3. The zero-order valence-corrected chi connectivity index (χ0v) is 7.58. The van der Waals surface area contributed by atoms with Gasteiger partial charge in [0.25, 0.3) is 0 Å². The molecule has 0 radical (unpaired) electrons. The highest BCUT2D eigenvalue weighted by molar-refractivity contribution is 5.99. The number of carboxylic acids is 1. The Labute approximate surface area is 86.3 Å². The normalized spacial score (nSPS) is 11.9. The summed E-state index contributed by atoms with van der Waals surface area (Å²) in [5, 5.41) is 8.73. The molecule has 0 aromatic carbocycles. The number of pyridine rings is 1. The van der Waals surface area contributed by atoms with Gasteiger partial charge in [-0.25, -0.2) is 4.79 Å². The van der Waals surface area contributed by atoms with Gasteiger partial charge in [-0.2, -0.15) is 13.2 Å². The third-order valence-electron chi connectivity index (χ3n) is 1.92. The van der Waals surface area contributed by atoms with Crippen LogP contribution in [0.15, 0.2) is 22.7 Å². The van der Waals surface area contributed by atoms with E-state index >= 15 is 0 Å². The Morgan fingerprint density at radius 2 is 2.12 bits per heavy atom. The van der Waals surface area contributed by atoms with Crippen molar-refractivity contribution in [3.63, 3.8) is 0 Å². The number of hydrogen-bond donors (Lipinski definition) is 1. The minimum Gasteiger partial charge on any atom is -0.478 e. The molecule has 0 amide bonds. The van der Waals surface area contributed by atoms with Crippen molar-refractivity contribution < 1.29 is 27.5 Å².